The van der Waals surface area contributed by atoms with Crippen LogP contribution < -0.4 is 0 Å². The number of aryl methyl sites for hydroxylation is 8. The van der Waals surface area contributed by atoms with Crippen LogP contribution in [0.25, 0.3) is 178 Å². The molecule has 136 heavy (non-hydrogen) atoms. The van der Waals surface area contributed by atoms with Gasteiger partial charge in [-0.05, 0) is 146 Å². The third-order valence-electron chi connectivity index (χ3n) is 21.7. The van der Waals surface area contributed by atoms with E-state index < -0.39 is 0 Å². The molecule has 0 aliphatic rings. The summed E-state index contributed by atoms with van der Waals surface area (Å²) < 4.78 is 24.0. The van der Waals surface area contributed by atoms with Gasteiger partial charge >= 0.3 is 0 Å². The summed E-state index contributed by atoms with van der Waals surface area (Å²) in [5.74, 6) is 0. The van der Waals surface area contributed by atoms with E-state index in [1.165, 1.54) is 27.8 Å². The maximum absolute atomic E-state index is 6.02. The summed E-state index contributed by atoms with van der Waals surface area (Å²) in [5.41, 5.74) is 31.8. The molecule has 0 atom stereocenters. The molecule has 0 amide bonds. The van der Waals surface area contributed by atoms with Crippen LogP contribution in [0.4, 0.5) is 0 Å². The minimum absolute atomic E-state index is 0. The number of hydrogen-bond donors (Lipinski definition) is 0. The van der Waals surface area contributed by atoms with Crippen LogP contribution >= 0.6 is 0 Å². The molecule has 0 bridgehead atoms. The molecule has 12 heterocycles. The van der Waals surface area contributed by atoms with Crippen LogP contribution in [-0.4, -0.2) is 39.9 Å². The van der Waals surface area contributed by atoms with E-state index in [1.54, 1.807) is 31.0 Å². The Hall–Kier alpha value is -14.4. The van der Waals surface area contributed by atoms with E-state index in [2.05, 4.69) is 197 Å². The molecule has 0 unspecified atom stereocenters. The average Bonchev–Trinajstić information content (AvgIpc) is 1.62. The number of pyridine rings is 8. The second-order valence-electron chi connectivity index (χ2n) is 31.5. The van der Waals surface area contributed by atoms with Gasteiger partial charge in [0.1, 0.15) is 22.3 Å². The number of para-hydroxylation sites is 4. The summed E-state index contributed by atoms with van der Waals surface area (Å²) in [6.45, 7) is 16.4. The fraction of sp³-hybridized carbons (Fsp3) is 0.0667. The van der Waals surface area contributed by atoms with Gasteiger partial charge in [0.2, 0.25) is 0 Å². The van der Waals surface area contributed by atoms with Crippen molar-refractivity contribution in [3.8, 4) is 90.1 Å². The predicted molar refractivity (Wildman–Crippen MR) is 535 cm³/mol. The number of fused-ring (bicyclic) bond motifs is 12. The number of nitrogens with zero attached hydrogens (tertiary/aromatic N) is 8. The minimum atomic E-state index is 0. The van der Waals surface area contributed by atoms with E-state index in [4.69, 9.17) is 17.7 Å². The van der Waals surface area contributed by atoms with Crippen molar-refractivity contribution in [2.24, 2.45) is 0 Å². The maximum atomic E-state index is 6.02. The molecule has 0 saturated carbocycles. The number of benzene rings is 12. The van der Waals surface area contributed by atoms with Gasteiger partial charge in [-0.2, -0.15) is 0 Å². The quantitative estimate of drug-likeness (QED) is 0.133. The van der Waals surface area contributed by atoms with Crippen molar-refractivity contribution >= 4 is 87.8 Å². The minimum Gasteiger partial charge on any atom is -0.501 e. The second kappa shape index (κ2) is 48.0. The molecule has 0 aliphatic carbocycles. The first-order chi connectivity index (χ1) is 64.8. The van der Waals surface area contributed by atoms with E-state index in [1.807, 2.05) is 305 Å². The van der Waals surface area contributed by atoms with E-state index in [-0.39, 0.29) is 80.4 Å². The molecule has 12 nitrogen and oxygen atoms in total. The first-order valence-electron chi connectivity index (χ1n) is 43.4. The van der Waals surface area contributed by atoms with Crippen LogP contribution in [0.15, 0.2) is 407 Å². The predicted octanol–water partition coefficient (Wildman–Crippen LogP) is 30.4. The van der Waals surface area contributed by atoms with Crippen molar-refractivity contribution in [3.05, 3.63) is 482 Å². The third kappa shape index (κ3) is 24.4. The monoisotopic (exact) mass is 2480 g/mol. The first-order valence-corrected chi connectivity index (χ1v) is 43.4. The largest absolute Gasteiger partial charge is 0.501 e. The van der Waals surface area contributed by atoms with Gasteiger partial charge in [0.25, 0.3) is 0 Å². The Kier molecular flexibility index (Phi) is 35.0. The molecule has 16 heteroatoms. The zero-order valence-corrected chi connectivity index (χ0v) is 85.1. The summed E-state index contributed by atoms with van der Waals surface area (Å²) in [6.07, 6.45) is 12.7. The maximum Gasteiger partial charge on any atom is 0.120 e. The molecule has 24 aromatic rings. The van der Waals surface area contributed by atoms with E-state index in [0.29, 0.717) is 0 Å². The molecule has 24 rings (SSSR count). The number of aromatic nitrogens is 8. The van der Waals surface area contributed by atoms with Crippen LogP contribution in [0, 0.1) is 104 Å². The summed E-state index contributed by atoms with van der Waals surface area (Å²) in [6, 6.07) is 140. The molecule has 4 radical (unpaired) electrons. The van der Waals surface area contributed by atoms with Gasteiger partial charge in [-0.1, -0.05) is 240 Å². The fourth-order valence-corrected chi connectivity index (χ4v) is 15.2. The molecule has 0 fully saturated rings. The van der Waals surface area contributed by atoms with Gasteiger partial charge in [0, 0.05) is 151 Å². The van der Waals surface area contributed by atoms with E-state index >= 15 is 0 Å². The van der Waals surface area contributed by atoms with E-state index in [0.717, 1.165) is 195 Å². The number of rotatable bonds is 8. The fourth-order valence-electron chi connectivity index (χ4n) is 15.2. The van der Waals surface area contributed by atoms with Gasteiger partial charge in [-0.15, -0.1) is 214 Å². The van der Waals surface area contributed by atoms with Crippen LogP contribution in [0.1, 0.15) is 44.6 Å². The smallest absolute Gasteiger partial charge is 0.120 e. The Morgan fingerprint density at radius 1 is 0.206 bits per heavy atom. The normalized spacial score (nSPS) is 10.4. The van der Waals surface area contributed by atoms with Crippen molar-refractivity contribution in [1.29, 1.82) is 0 Å². The van der Waals surface area contributed by atoms with Crippen LogP contribution in [0.5, 0.6) is 0 Å². The zero-order chi connectivity index (χ0) is 90.5. The van der Waals surface area contributed by atoms with Crippen LogP contribution in [0.3, 0.4) is 0 Å². The van der Waals surface area contributed by atoms with Gasteiger partial charge < -0.3 is 57.5 Å². The van der Waals surface area contributed by atoms with Crippen molar-refractivity contribution < 1.29 is 98.1 Å². The Morgan fingerprint density at radius 3 is 0.860 bits per heavy atom. The third-order valence-corrected chi connectivity index (χ3v) is 21.7. The van der Waals surface area contributed by atoms with Crippen LogP contribution in [-0.2, 0) is 80.4 Å². The number of hydrogen-bond acceptors (Lipinski definition) is 12. The summed E-state index contributed by atoms with van der Waals surface area (Å²) in [7, 11) is 0. The van der Waals surface area contributed by atoms with Crippen molar-refractivity contribution in [3.63, 3.8) is 0 Å². The molecular formula is C120H88Ir4N8O4-8. The van der Waals surface area contributed by atoms with Crippen molar-refractivity contribution in [1.82, 2.24) is 39.9 Å². The molecule has 12 aromatic carbocycles. The molecule has 676 valence electrons. The Balaban J connectivity index is 0.000000132. The molecule has 0 saturated heterocycles. The first kappa shape index (κ1) is 99.1. The van der Waals surface area contributed by atoms with Gasteiger partial charge in [-0.25, -0.2) is 0 Å². The topological polar surface area (TPSA) is 156 Å². The summed E-state index contributed by atoms with van der Waals surface area (Å²) in [4.78, 5) is 35.0. The van der Waals surface area contributed by atoms with Gasteiger partial charge in [-0.3, -0.25) is 0 Å². The average molecular weight is 2470 g/mol. The van der Waals surface area contributed by atoms with E-state index in [9.17, 15) is 0 Å². The van der Waals surface area contributed by atoms with Crippen molar-refractivity contribution in [2.45, 2.75) is 55.4 Å². The number of furan rings is 4. The Morgan fingerprint density at radius 2 is 0.522 bits per heavy atom. The van der Waals surface area contributed by atoms with Gasteiger partial charge in [0.15, 0.2) is 0 Å². The van der Waals surface area contributed by atoms with Crippen LogP contribution in [0.2, 0.25) is 0 Å². The Labute approximate surface area is 846 Å². The standard InChI is InChI=1S/4C18H12NO.4C12H10N.4Ir/c1-12-6-5-11-19-17(12)15-9-4-8-14-13-7-2-3-10-16(13)20-18(14)15;1-12-6-4-10-16(19-12)15-9-5-8-14-13-7-2-3-11-17(13)20-18(14)15;1-12-9-10-19-16(11-12)15-7-4-6-14-13-5-2-3-8-17(13)20-18(14)15;1-12-9-10-16(19-11-12)15-7-4-6-14-13-5-2-3-8-17(13)20-18(14)15;4*1-10-5-4-6-11(9-10)12-7-2-3-8-13-12;;;;/h2*2-8,10-11H,1H3;2*2-6,8-11H,1H3;4*2-5,7-9H,1H3;;;;/q8*-1;;;;. The SMILES string of the molecule is Cc1cc[c-]c(-c2ccccn2)c1.Cc1cc[c-]c(-c2ccccn2)c1.Cc1cc[c-]c(-c2ccccn2)c1.Cc1cc[c-]c(-c2ccccn2)c1.Cc1ccc(-c2[c-]ccc3c2oc2ccccc23)nc1.Cc1cccc(-c2[c-]ccc3c2oc2ccccc23)n1.Cc1cccnc1-c1[c-]ccc2c1oc1ccccc12.Cc1ccnc(-c2[c-]ccc3c2oc2ccccc23)c1.[Ir].[Ir].[Ir].[Ir]. The zero-order valence-electron chi connectivity index (χ0n) is 75.5. The molecule has 12 aromatic heterocycles. The van der Waals surface area contributed by atoms with Crippen molar-refractivity contribution in [2.75, 3.05) is 0 Å². The second-order valence-corrected chi connectivity index (χ2v) is 31.5. The Bertz CT molecular complexity index is 7550. The molecular weight excluding hydrogens is 2390 g/mol. The summed E-state index contributed by atoms with van der Waals surface area (Å²) >= 11 is 0. The van der Waals surface area contributed by atoms with Gasteiger partial charge in [0.05, 0.1) is 22.3 Å². The molecule has 0 aliphatic heterocycles. The molecule has 0 N–H and O–H groups in total. The molecule has 0 spiro atoms. The summed E-state index contributed by atoms with van der Waals surface area (Å²) in [5, 5.41) is 8.96.